The summed E-state index contributed by atoms with van der Waals surface area (Å²) in [5.74, 6) is 1.81. The van der Waals surface area contributed by atoms with Crippen LogP contribution in [0.2, 0.25) is 0 Å². The minimum absolute atomic E-state index is 0.421. The van der Waals surface area contributed by atoms with Crippen LogP contribution in [0.25, 0.3) is 0 Å². The lowest BCUT2D eigenvalue weighted by Gasteiger charge is -2.05. The number of imidazole rings is 1. The summed E-state index contributed by atoms with van der Waals surface area (Å²) in [6.07, 6.45) is 3.63. The van der Waals surface area contributed by atoms with Crippen LogP contribution in [-0.4, -0.2) is 19.5 Å². The van der Waals surface area contributed by atoms with E-state index in [1.54, 1.807) is 12.3 Å². The second-order valence-corrected chi connectivity index (χ2v) is 4.06. The standard InChI is InChI=1S/C9H11BrN6/c1-16-3-2-12-8(16)5-13-9-14-6(10)4-7(11)15-9/h2-4H,5H2,1H3,(H3,11,13,14,15). The zero-order chi connectivity index (χ0) is 11.5. The molecule has 0 unspecified atom stereocenters. The normalized spacial score (nSPS) is 10.4. The highest BCUT2D eigenvalue weighted by atomic mass is 79.9. The summed E-state index contributed by atoms with van der Waals surface area (Å²) >= 11 is 3.25. The van der Waals surface area contributed by atoms with Crippen molar-refractivity contribution < 1.29 is 0 Å². The Morgan fingerprint density at radius 3 is 2.94 bits per heavy atom. The summed E-state index contributed by atoms with van der Waals surface area (Å²) in [7, 11) is 1.93. The fraction of sp³-hybridized carbons (Fsp3) is 0.222. The highest BCUT2D eigenvalue weighted by molar-refractivity contribution is 9.10. The number of nitrogens with two attached hydrogens (primary N) is 1. The van der Waals surface area contributed by atoms with E-state index in [0.29, 0.717) is 22.9 Å². The third-order valence-electron chi connectivity index (χ3n) is 2.04. The molecular formula is C9H11BrN6. The van der Waals surface area contributed by atoms with E-state index >= 15 is 0 Å². The second-order valence-electron chi connectivity index (χ2n) is 3.25. The Morgan fingerprint density at radius 2 is 2.31 bits per heavy atom. The minimum atomic E-state index is 0.421. The molecule has 0 spiro atoms. The Morgan fingerprint density at radius 1 is 1.50 bits per heavy atom. The molecule has 0 fully saturated rings. The summed E-state index contributed by atoms with van der Waals surface area (Å²) in [4.78, 5) is 12.4. The molecule has 0 aliphatic carbocycles. The summed E-state index contributed by atoms with van der Waals surface area (Å²) in [5, 5.41) is 3.05. The van der Waals surface area contributed by atoms with Crippen molar-refractivity contribution in [1.29, 1.82) is 0 Å². The van der Waals surface area contributed by atoms with E-state index in [1.165, 1.54) is 0 Å². The fourth-order valence-corrected chi connectivity index (χ4v) is 1.64. The topological polar surface area (TPSA) is 81.7 Å². The summed E-state index contributed by atoms with van der Waals surface area (Å²) in [6, 6.07) is 1.64. The van der Waals surface area contributed by atoms with Gasteiger partial charge in [0.1, 0.15) is 16.2 Å². The van der Waals surface area contributed by atoms with Gasteiger partial charge in [-0.25, -0.2) is 9.97 Å². The van der Waals surface area contributed by atoms with Gasteiger partial charge in [0.15, 0.2) is 0 Å². The van der Waals surface area contributed by atoms with E-state index < -0.39 is 0 Å². The van der Waals surface area contributed by atoms with Crippen LogP contribution in [0.15, 0.2) is 23.1 Å². The quantitative estimate of drug-likeness (QED) is 0.826. The van der Waals surface area contributed by atoms with Gasteiger partial charge in [0.25, 0.3) is 0 Å². The molecule has 7 heteroatoms. The molecule has 3 N–H and O–H groups in total. The van der Waals surface area contributed by atoms with Crippen molar-refractivity contribution in [3.63, 3.8) is 0 Å². The molecule has 0 amide bonds. The number of hydrogen-bond donors (Lipinski definition) is 2. The van der Waals surface area contributed by atoms with Gasteiger partial charge in [0.2, 0.25) is 5.95 Å². The molecule has 0 aliphatic heterocycles. The SMILES string of the molecule is Cn1ccnc1CNc1nc(N)cc(Br)n1. The first kappa shape index (κ1) is 10.9. The average molecular weight is 283 g/mol. The van der Waals surface area contributed by atoms with Crippen LogP contribution in [0.4, 0.5) is 11.8 Å². The van der Waals surface area contributed by atoms with Gasteiger partial charge in [-0.05, 0) is 15.9 Å². The van der Waals surface area contributed by atoms with Gasteiger partial charge in [0.05, 0.1) is 6.54 Å². The third-order valence-corrected chi connectivity index (χ3v) is 2.45. The molecule has 0 saturated carbocycles. The van der Waals surface area contributed by atoms with Gasteiger partial charge in [-0.2, -0.15) is 4.98 Å². The molecule has 2 heterocycles. The lowest BCUT2D eigenvalue weighted by atomic mass is 10.5. The number of nitrogens with zero attached hydrogens (tertiary/aromatic N) is 4. The van der Waals surface area contributed by atoms with Crippen LogP contribution in [0.3, 0.4) is 0 Å². The first-order valence-electron chi connectivity index (χ1n) is 4.65. The molecule has 6 nitrogen and oxygen atoms in total. The molecule has 0 saturated heterocycles. The van der Waals surface area contributed by atoms with Gasteiger partial charge < -0.3 is 15.6 Å². The third kappa shape index (κ3) is 2.48. The number of aryl methyl sites for hydroxylation is 1. The fourth-order valence-electron chi connectivity index (χ4n) is 1.24. The summed E-state index contributed by atoms with van der Waals surface area (Å²) in [6.45, 7) is 0.555. The molecule has 84 valence electrons. The van der Waals surface area contributed by atoms with Crippen LogP contribution >= 0.6 is 15.9 Å². The number of nitrogen functional groups attached to an aromatic ring is 1. The van der Waals surface area contributed by atoms with Gasteiger partial charge in [-0.3, -0.25) is 0 Å². The molecule has 2 aromatic rings. The highest BCUT2D eigenvalue weighted by Crippen LogP contribution is 2.12. The summed E-state index contributed by atoms with van der Waals surface area (Å²) in [5.41, 5.74) is 5.60. The molecule has 2 rings (SSSR count). The molecule has 2 aromatic heterocycles. The van der Waals surface area contributed by atoms with Crippen LogP contribution in [-0.2, 0) is 13.6 Å². The van der Waals surface area contributed by atoms with E-state index in [2.05, 4.69) is 36.2 Å². The van der Waals surface area contributed by atoms with Gasteiger partial charge in [0, 0.05) is 25.5 Å². The monoisotopic (exact) mass is 282 g/mol. The lowest BCUT2D eigenvalue weighted by molar-refractivity contribution is 0.807. The molecule has 0 bridgehead atoms. The maximum absolute atomic E-state index is 5.60. The molecule has 0 radical (unpaired) electrons. The highest BCUT2D eigenvalue weighted by Gasteiger charge is 2.02. The van der Waals surface area contributed by atoms with Crippen LogP contribution in [0.1, 0.15) is 5.82 Å². The molecule has 0 aromatic carbocycles. The lowest BCUT2D eigenvalue weighted by Crippen LogP contribution is -2.09. The molecule has 0 aliphatic rings. The predicted molar refractivity (Wildman–Crippen MR) is 64.7 cm³/mol. The van der Waals surface area contributed by atoms with Crippen molar-refractivity contribution >= 4 is 27.7 Å². The summed E-state index contributed by atoms with van der Waals surface area (Å²) < 4.78 is 2.58. The van der Waals surface area contributed by atoms with E-state index in [4.69, 9.17) is 5.73 Å². The minimum Gasteiger partial charge on any atom is -0.383 e. The van der Waals surface area contributed by atoms with Crippen LogP contribution in [0.5, 0.6) is 0 Å². The smallest absolute Gasteiger partial charge is 0.226 e. The van der Waals surface area contributed by atoms with Gasteiger partial charge in [-0.1, -0.05) is 0 Å². The molecule has 16 heavy (non-hydrogen) atoms. The maximum atomic E-state index is 5.60. The van der Waals surface area contributed by atoms with Crippen molar-refractivity contribution in [2.75, 3.05) is 11.1 Å². The largest absolute Gasteiger partial charge is 0.383 e. The predicted octanol–water partition coefficient (Wildman–Crippen LogP) is 1.17. The Balaban J connectivity index is 2.07. The average Bonchev–Trinajstić information content (AvgIpc) is 2.59. The first-order valence-corrected chi connectivity index (χ1v) is 5.44. The van der Waals surface area contributed by atoms with E-state index in [1.807, 2.05) is 17.8 Å². The Hall–Kier alpha value is -1.63. The van der Waals surface area contributed by atoms with Crippen LogP contribution in [0, 0.1) is 0 Å². The Labute approximate surface area is 101 Å². The van der Waals surface area contributed by atoms with Gasteiger partial charge in [-0.15, -0.1) is 0 Å². The Bertz CT molecular complexity index is 474. The van der Waals surface area contributed by atoms with E-state index in [-0.39, 0.29) is 0 Å². The Kier molecular flexibility index (Phi) is 3.04. The van der Waals surface area contributed by atoms with Crippen LogP contribution < -0.4 is 11.1 Å². The van der Waals surface area contributed by atoms with E-state index in [0.717, 1.165) is 5.82 Å². The van der Waals surface area contributed by atoms with E-state index in [9.17, 15) is 0 Å². The van der Waals surface area contributed by atoms with Crippen molar-refractivity contribution in [2.24, 2.45) is 7.05 Å². The molecule has 0 atom stereocenters. The number of rotatable bonds is 3. The number of aromatic nitrogens is 4. The van der Waals surface area contributed by atoms with Crippen molar-refractivity contribution in [3.8, 4) is 0 Å². The number of hydrogen-bond acceptors (Lipinski definition) is 5. The number of nitrogens with one attached hydrogen (secondary N) is 1. The van der Waals surface area contributed by atoms with Gasteiger partial charge >= 0.3 is 0 Å². The molecular weight excluding hydrogens is 272 g/mol. The zero-order valence-electron chi connectivity index (χ0n) is 8.68. The second kappa shape index (κ2) is 4.48. The van der Waals surface area contributed by atoms with Crippen molar-refractivity contribution in [1.82, 2.24) is 19.5 Å². The van der Waals surface area contributed by atoms with Crippen molar-refractivity contribution in [2.45, 2.75) is 6.54 Å². The first-order chi connectivity index (χ1) is 7.65. The zero-order valence-corrected chi connectivity index (χ0v) is 10.3. The maximum Gasteiger partial charge on any atom is 0.226 e. The number of anilines is 2. The number of halogens is 1. The van der Waals surface area contributed by atoms with Crippen molar-refractivity contribution in [3.05, 3.63) is 28.9 Å².